The molecule has 2 aromatic heterocycles. The number of aryl methyl sites for hydroxylation is 1. The summed E-state index contributed by atoms with van der Waals surface area (Å²) < 4.78 is 1.80. The van der Waals surface area contributed by atoms with E-state index in [4.69, 9.17) is 0 Å². The van der Waals surface area contributed by atoms with E-state index in [0.717, 1.165) is 22.5 Å². The van der Waals surface area contributed by atoms with Crippen LogP contribution in [0.15, 0.2) is 61.1 Å². The van der Waals surface area contributed by atoms with Gasteiger partial charge in [0, 0.05) is 37.1 Å². The maximum atomic E-state index is 4.44. The first kappa shape index (κ1) is 12.4. The second-order valence-electron chi connectivity index (χ2n) is 4.64. The molecule has 0 aliphatic carbocycles. The van der Waals surface area contributed by atoms with Crippen LogP contribution in [0.25, 0.3) is 11.1 Å². The van der Waals surface area contributed by atoms with Crippen molar-refractivity contribution in [1.29, 1.82) is 0 Å². The van der Waals surface area contributed by atoms with E-state index in [2.05, 4.69) is 33.6 Å². The molecule has 4 nitrogen and oxygen atoms in total. The van der Waals surface area contributed by atoms with Crippen LogP contribution in [0.4, 0.5) is 5.82 Å². The van der Waals surface area contributed by atoms with E-state index >= 15 is 0 Å². The normalized spacial score (nSPS) is 10.4. The standard InChI is InChI=1S/C16H16N4/c1-20-12-13(11-19-20)10-18-16-15(8-5-9-17-16)14-6-3-2-4-7-14/h2-9,11-12H,10H2,1H3,(H,17,18). The third kappa shape index (κ3) is 2.69. The zero-order valence-electron chi connectivity index (χ0n) is 11.3. The third-order valence-electron chi connectivity index (χ3n) is 3.11. The Hall–Kier alpha value is -2.62. The molecular formula is C16H16N4. The van der Waals surface area contributed by atoms with Crippen molar-refractivity contribution >= 4 is 5.82 Å². The van der Waals surface area contributed by atoms with Crippen molar-refractivity contribution in [2.75, 3.05) is 5.32 Å². The number of nitrogens with zero attached hydrogens (tertiary/aromatic N) is 3. The van der Waals surface area contributed by atoms with Crippen molar-refractivity contribution in [3.05, 3.63) is 66.6 Å². The highest BCUT2D eigenvalue weighted by Crippen LogP contribution is 2.25. The number of anilines is 1. The summed E-state index contributed by atoms with van der Waals surface area (Å²) in [6.45, 7) is 0.713. The minimum absolute atomic E-state index is 0.713. The van der Waals surface area contributed by atoms with Gasteiger partial charge in [-0.15, -0.1) is 0 Å². The molecule has 0 saturated carbocycles. The van der Waals surface area contributed by atoms with Gasteiger partial charge in [-0.2, -0.15) is 5.10 Å². The van der Waals surface area contributed by atoms with Crippen LogP contribution in [0.2, 0.25) is 0 Å². The summed E-state index contributed by atoms with van der Waals surface area (Å²) in [5.74, 6) is 0.891. The lowest BCUT2D eigenvalue weighted by Crippen LogP contribution is -2.02. The number of pyridine rings is 1. The molecule has 0 spiro atoms. The first-order valence-corrected chi connectivity index (χ1v) is 6.55. The molecular weight excluding hydrogens is 248 g/mol. The smallest absolute Gasteiger partial charge is 0.134 e. The molecule has 0 bridgehead atoms. The van der Waals surface area contributed by atoms with Crippen molar-refractivity contribution in [1.82, 2.24) is 14.8 Å². The lowest BCUT2D eigenvalue weighted by Gasteiger charge is -2.10. The van der Waals surface area contributed by atoms with Crippen LogP contribution in [-0.2, 0) is 13.6 Å². The number of rotatable bonds is 4. The van der Waals surface area contributed by atoms with Gasteiger partial charge in [-0.25, -0.2) is 4.98 Å². The van der Waals surface area contributed by atoms with Crippen LogP contribution < -0.4 is 5.32 Å². The van der Waals surface area contributed by atoms with E-state index in [1.54, 1.807) is 10.9 Å². The van der Waals surface area contributed by atoms with Gasteiger partial charge in [0.2, 0.25) is 0 Å². The number of nitrogens with one attached hydrogen (secondary N) is 1. The molecule has 100 valence electrons. The Balaban J connectivity index is 1.83. The van der Waals surface area contributed by atoms with Gasteiger partial charge >= 0.3 is 0 Å². The second kappa shape index (κ2) is 5.57. The molecule has 0 atom stereocenters. The van der Waals surface area contributed by atoms with Gasteiger partial charge in [0.05, 0.1) is 6.20 Å². The molecule has 20 heavy (non-hydrogen) atoms. The molecule has 3 rings (SSSR count). The largest absolute Gasteiger partial charge is 0.365 e. The van der Waals surface area contributed by atoms with Gasteiger partial charge in [-0.1, -0.05) is 30.3 Å². The lowest BCUT2D eigenvalue weighted by atomic mass is 10.1. The van der Waals surface area contributed by atoms with E-state index in [1.807, 2.05) is 43.7 Å². The monoisotopic (exact) mass is 264 g/mol. The fraction of sp³-hybridized carbons (Fsp3) is 0.125. The molecule has 0 fully saturated rings. The maximum absolute atomic E-state index is 4.44. The number of hydrogen-bond acceptors (Lipinski definition) is 3. The lowest BCUT2D eigenvalue weighted by molar-refractivity contribution is 0.767. The van der Waals surface area contributed by atoms with Crippen LogP contribution in [0.5, 0.6) is 0 Å². The minimum Gasteiger partial charge on any atom is -0.365 e. The molecule has 4 heteroatoms. The molecule has 1 N–H and O–H groups in total. The van der Waals surface area contributed by atoms with Gasteiger partial charge in [0.15, 0.2) is 0 Å². The Labute approximate surface area is 118 Å². The van der Waals surface area contributed by atoms with Crippen LogP contribution in [0.3, 0.4) is 0 Å². The van der Waals surface area contributed by atoms with Crippen molar-refractivity contribution in [3.63, 3.8) is 0 Å². The van der Waals surface area contributed by atoms with E-state index in [0.29, 0.717) is 6.54 Å². The van der Waals surface area contributed by atoms with Gasteiger partial charge in [0.1, 0.15) is 5.82 Å². The van der Waals surface area contributed by atoms with Crippen molar-refractivity contribution in [3.8, 4) is 11.1 Å². The molecule has 0 radical (unpaired) electrons. The van der Waals surface area contributed by atoms with E-state index in [-0.39, 0.29) is 0 Å². The fourth-order valence-electron chi connectivity index (χ4n) is 2.15. The van der Waals surface area contributed by atoms with Gasteiger partial charge in [0.25, 0.3) is 0 Å². The highest BCUT2D eigenvalue weighted by atomic mass is 15.2. The Morgan fingerprint density at radius 3 is 2.70 bits per heavy atom. The summed E-state index contributed by atoms with van der Waals surface area (Å²) in [5, 5.41) is 7.54. The minimum atomic E-state index is 0.713. The summed E-state index contributed by atoms with van der Waals surface area (Å²) in [7, 11) is 1.92. The molecule has 1 aromatic carbocycles. The first-order chi connectivity index (χ1) is 9.83. The molecule has 0 amide bonds. The second-order valence-corrected chi connectivity index (χ2v) is 4.64. The summed E-state index contributed by atoms with van der Waals surface area (Å²) >= 11 is 0. The van der Waals surface area contributed by atoms with Crippen molar-refractivity contribution < 1.29 is 0 Å². The van der Waals surface area contributed by atoms with Gasteiger partial charge in [-0.3, -0.25) is 4.68 Å². The van der Waals surface area contributed by atoms with E-state index in [1.165, 1.54) is 0 Å². The summed E-state index contributed by atoms with van der Waals surface area (Å²) in [6, 6.07) is 14.3. The summed E-state index contributed by atoms with van der Waals surface area (Å²) in [5.41, 5.74) is 3.41. The van der Waals surface area contributed by atoms with Gasteiger partial charge < -0.3 is 5.32 Å². The SMILES string of the molecule is Cn1cc(CNc2ncccc2-c2ccccc2)cn1. The Bertz CT molecular complexity index is 688. The van der Waals surface area contributed by atoms with Crippen LogP contribution in [-0.4, -0.2) is 14.8 Å². The Morgan fingerprint density at radius 1 is 1.10 bits per heavy atom. The van der Waals surface area contributed by atoms with E-state index in [9.17, 15) is 0 Å². The topological polar surface area (TPSA) is 42.7 Å². The van der Waals surface area contributed by atoms with Crippen LogP contribution in [0, 0.1) is 0 Å². The highest BCUT2D eigenvalue weighted by molar-refractivity contribution is 5.74. The fourth-order valence-corrected chi connectivity index (χ4v) is 2.15. The van der Waals surface area contributed by atoms with Crippen molar-refractivity contribution in [2.45, 2.75) is 6.54 Å². The predicted octanol–water partition coefficient (Wildman–Crippen LogP) is 3.09. The quantitative estimate of drug-likeness (QED) is 0.787. The first-order valence-electron chi connectivity index (χ1n) is 6.55. The molecule has 0 unspecified atom stereocenters. The van der Waals surface area contributed by atoms with Crippen LogP contribution >= 0.6 is 0 Å². The Morgan fingerprint density at radius 2 is 1.95 bits per heavy atom. The number of aromatic nitrogens is 3. The molecule has 0 aliphatic heterocycles. The Kier molecular flexibility index (Phi) is 3.46. The molecule has 0 saturated heterocycles. The van der Waals surface area contributed by atoms with E-state index < -0.39 is 0 Å². The van der Waals surface area contributed by atoms with Crippen LogP contribution in [0.1, 0.15) is 5.56 Å². The zero-order valence-corrected chi connectivity index (χ0v) is 11.3. The number of hydrogen-bond donors (Lipinski definition) is 1. The van der Waals surface area contributed by atoms with Crippen molar-refractivity contribution in [2.24, 2.45) is 7.05 Å². The zero-order chi connectivity index (χ0) is 13.8. The molecule has 3 aromatic rings. The number of benzene rings is 1. The van der Waals surface area contributed by atoms with Gasteiger partial charge in [-0.05, 0) is 17.7 Å². The molecule has 0 aliphatic rings. The predicted molar refractivity (Wildman–Crippen MR) is 80.2 cm³/mol. The third-order valence-corrected chi connectivity index (χ3v) is 3.11. The highest BCUT2D eigenvalue weighted by Gasteiger charge is 2.05. The average Bonchev–Trinajstić information content (AvgIpc) is 2.92. The average molecular weight is 264 g/mol. The molecule has 2 heterocycles. The summed E-state index contributed by atoms with van der Waals surface area (Å²) in [4.78, 5) is 4.44. The maximum Gasteiger partial charge on any atom is 0.134 e. The summed E-state index contributed by atoms with van der Waals surface area (Å²) in [6.07, 6.45) is 5.66.